The number of nitrogens with one attached hydrogen (secondary N) is 2. The van der Waals surface area contributed by atoms with Crippen molar-refractivity contribution in [2.75, 3.05) is 26.8 Å². The van der Waals surface area contributed by atoms with Crippen molar-refractivity contribution in [2.45, 2.75) is 46.2 Å². The molecule has 0 aliphatic heterocycles. The van der Waals surface area contributed by atoms with Crippen LogP contribution in [0.5, 0.6) is 0 Å². The lowest BCUT2D eigenvalue weighted by Gasteiger charge is -2.24. The summed E-state index contributed by atoms with van der Waals surface area (Å²) >= 11 is 0. The Morgan fingerprint density at radius 2 is 1.73 bits per heavy atom. The number of ether oxygens (including phenoxy) is 1. The summed E-state index contributed by atoms with van der Waals surface area (Å²) in [5.41, 5.74) is 0.205. The standard InChI is InChI=1S/C12H28N2O/c1-10(2)11(9-15-6)13-7-8-14-12(3,4)5/h10-11,13-14H,7-9H2,1-6H3. The molecule has 0 saturated carbocycles. The van der Waals surface area contributed by atoms with E-state index in [1.165, 1.54) is 0 Å². The summed E-state index contributed by atoms with van der Waals surface area (Å²) in [4.78, 5) is 0. The first-order valence-corrected chi connectivity index (χ1v) is 5.84. The second kappa shape index (κ2) is 7.20. The Hall–Kier alpha value is -0.120. The van der Waals surface area contributed by atoms with Crippen LogP contribution in [0.25, 0.3) is 0 Å². The van der Waals surface area contributed by atoms with Crippen LogP contribution in [-0.2, 0) is 4.74 Å². The molecule has 0 aromatic rings. The molecule has 0 bridgehead atoms. The molecular weight excluding hydrogens is 188 g/mol. The highest BCUT2D eigenvalue weighted by Gasteiger charge is 2.12. The Labute approximate surface area is 95.0 Å². The Morgan fingerprint density at radius 3 is 2.13 bits per heavy atom. The third-order valence-electron chi connectivity index (χ3n) is 2.34. The maximum atomic E-state index is 5.18. The third kappa shape index (κ3) is 8.85. The minimum atomic E-state index is 0.205. The first kappa shape index (κ1) is 14.9. The Kier molecular flexibility index (Phi) is 7.14. The summed E-state index contributed by atoms with van der Waals surface area (Å²) in [6.07, 6.45) is 0. The quantitative estimate of drug-likeness (QED) is 0.635. The largest absolute Gasteiger partial charge is 0.383 e. The number of rotatable bonds is 7. The third-order valence-corrected chi connectivity index (χ3v) is 2.34. The minimum absolute atomic E-state index is 0.205. The average Bonchev–Trinajstić information content (AvgIpc) is 2.08. The van der Waals surface area contributed by atoms with E-state index in [1.54, 1.807) is 7.11 Å². The number of hydrogen-bond donors (Lipinski definition) is 2. The highest BCUT2D eigenvalue weighted by molar-refractivity contribution is 4.73. The van der Waals surface area contributed by atoms with Crippen LogP contribution in [-0.4, -0.2) is 38.4 Å². The van der Waals surface area contributed by atoms with Crippen molar-refractivity contribution >= 4 is 0 Å². The maximum Gasteiger partial charge on any atom is 0.0618 e. The fourth-order valence-electron chi connectivity index (χ4n) is 1.36. The van der Waals surface area contributed by atoms with Crippen LogP contribution < -0.4 is 10.6 Å². The van der Waals surface area contributed by atoms with Crippen LogP contribution in [0.1, 0.15) is 34.6 Å². The molecule has 0 aromatic heterocycles. The Morgan fingerprint density at radius 1 is 1.13 bits per heavy atom. The van der Waals surface area contributed by atoms with E-state index >= 15 is 0 Å². The molecule has 92 valence electrons. The van der Waals surface area contributed by atoms with Gasteiger partial charge in [0.05, 0.1) is 6.61 Å². The molecule has 1 unspecified atom stereocenters. The average molecular weight is 216 g/mol. The molecule has 0 aromatic carbocycles. The van der Waals surface area contributed by atoms with Crippen LogP contribution in [0.3, 0.4) is 0 Å². The van der Waals surface area contributed by atoms with Gasteiger partial charge in [0.1, 0.15) is 0 Å². The lowest BCUT2D eigenvalue weighted by Crippen LogP contribution is -2.44. The van der Waals surface area contributed by atoms with Gasteiger partial charge in [-0.3, -0.25) is 0 Å². The molecule has 15 heavy (non-hydrogen) atoms. The van der Waals surface area contributed by atoms with Crippen LogP contribution in [0.4, 0.5) is 0 Å². The molecule has 0 radical (unpaired) electrons. The van der Waals surface area contributed by atoms with Crippen molar-refractivity contribution in [3.8, 4) is 0 Å². The second-order valence-corrected chi connectivity index (χ2v) is 5.44. The number of hydrogen-bond acceptors (Lipinski definition) is 3. The lowest BCUT2D eigenvalue weighted by atomic mass is 10.1. The fourth-order valence-corrected chi connectivity index (χ4v) is 1.36. The first-order valence-electron chi connectivity index (χ1n) is 5.84. The Bertz CT molecular complexity index is 152. The zero-order valence-electron chi connectivity index (χ0n) is 11.2. The monoisotopic (exact) mass is 216 g/mol. The zero-order valence-corrected chi connectivity index (χ0v) is 11.2. The molecule has 0 aliphatic carbocycles. The molecule has 0 heterocycles. The van der Waals surface area contributed by atoms with Gasteiger partial charge in [0, 0.05) is 31.8 Å². The zero-order chi connectivity index (χ0) is 11.9. The van der Waals surface area contributed by atoms with E-state index in [1.807, 2.05) is 0 Å². The minimum Gasteiger partial charge on any atom is -0.383 e. The highest BCUT2D eigenvalue weighted by Crippen LogP contribution is 2.01. The van der Waals surface area contributed by atoms with Gasteiger partial charge in [-0.1, -0.05) is 13.8 Å². The van der Waals surface area contributed by atoms with Gasteiger partial charge in [-0.2, -0.15) is 0 Å². The molecule has 0 amide bonds. The van der Waals surface area contributed by atoms with Gasteiger partial charge in [0.2, 0.25) is 0 Å². The van der Waals surface area contributed by atoms with Gasteiger partial charge < -0.3 is 15.4 Å². The summed E-state index contributed by atoms with van der Waals surface area (Å²) in [5.74, 6) is 0.611. The van der Waals surface area contributed by atoms with Crippen molar-refractivity contribution in [3.63, 3.8) is 0 Å². The first-order chi connectivity index (χ1) is 6.87. The van der Waals surface area contributed by atoms with Crippen LogP contribution >= 0.6 is 0 Å². The highest BCUT2D eigenvalue weighted by atomic mass is 16.5. The van der Waals surface area contributed by atoms with Gasteiger partial charge in [-0.05, 0) is 26.7 Å². The van der Waals surface area contributed by atoms with Crippen molar-refractivity contribution in [3.05, 3.63) is 0 Å². The van der Waals surface area contributed by atoms with Crippen molar-refractivity contribution < 1.29 is 4.74 Å². The summed E-state index contributed by atoms with van der Waals surface area (Å²) in [7, 11) is 1.75. The Balaban J connectivity index is 3.62. The molecule has 0 aliphatic rings. The smallest absolute Gasteiger partial charge is 0.0618 e. The molecule has 3 heteroatoms. The van der Waals surface area contributed by atoms with E-state index in [2.05, 4.69) is 45.3 Å². The lowest BCUT2D eigenvalue weighted by molar-refractivity contribution is 0.147. The molecule has 0 rings (SSSR count). The SMILES string of the molecule is COCC(NCCNC(C)(C)C)C(C)C. The normalized spacial score (nSPS) is 14.6. The van der Waals surface area contributed by atoms with E-state index < -0.39 is 0 Å². The summed E-state index contributed by atoms with van der Waals surface area (Å²) in [5, 5.41) is 6.96. The van der Waals surface area contributed by atoms with Gasteiger partial charge in [-0.25, -0.2) is 0 Å². The second-order valence-electron chi connectivity index (χ2n) is 5.44. The van der Waals surface area contributed by atoms with E-state index in [9.17, 15) is 0 Å². The molecular formula is C12H28N2O. The summed E-state index contributed by atoms with van der Waals surface area (Å²) < 4.78 is 5.18. The molecule has 1 atom stereocenters. The molecule has 3 nitrogen and oxygen atoms in total. The topological polar surface area (TPSA) is 33.3 Å². The predicted octanol–water partition coefficient (Wildman–Crippen LogP) is 1.64. The van der Waals surface area contributed by atoms with Crippen LogP contribution in [0.15, 0.2) is 0 Å². The van der Waals surface area contributed by atoms with Crippen molar-refractivity contribution in [2.24, 2.45) is 5.92 Å². The van der Waals surface area contributed by atoms with Crippen LogP contribution in [0, 0.1) is 5.92 Å². The van der Waals surface area contributed by atoms with Crippen LogP contribution in [0.2, 0.25) is 0 Å². The van der Waals surface area contributed by atoms with Crippen molar-refractivity contribution in [1.82, 2.24) is 10.6 Å². The van der Waals surface area contributed by atoms with Gasteiger partial charge >= 0.3 is 0 Å². The van der Waals surface area contributed by atoms with E-state index in [0.29, 0.717) is 12.0 Å². The van der Waals surface area contributed by atoms with E-state index in [0.717, 1.165) is 19.7 Å². The summed E-state index contributed by atoms with van der Waals surface area (Å²) in [6, 6.07) is 0.455. The van der Waals surface area contributed by atoms with E-state index in [-0.39, 0.29) is 5.54 Å². The van der Waals surface area contributed by atoms with E-state index in [4.69, 9.17) is 4.74 Å². The molecule has 2 N–H and O–H groups in total. The van der Waals surface area contributed by atoms with Gasteiger partial charge in [0.15, 0.2) is 0 Å². The fraction of sp³-hybridized carbons (Fsp3) is 1.00. The summed E-state index contributed by atoms with van der Waals surface area (Å²) in [6.45, 7) is 13.8. The van der Waals surface area contributed by atoms with Gasteiger partial charge in [0.25, 0.3) is 0 Å². The maximum absolute atomic E-state index is 5.18. The molecule has 0 saturated heterocycles. The number of methoxy groups -OCH3 is 1. The van der Waals surface area contributed by atoms with Gasteiger partial charge in [-0.15, -0.1) is 0 Å². The molecule has 0 fully saturated rings. The molecule has 0 spiro atoms. The predicted molar refractivity (Wildman–Crippen MR) is 66.3 cm³/mol. The van der Waals surface area contributed by atoms with Crippen molar-refractivity contribution in [1.29, 1.82) is 0 Å².